The zero-order valence-corrected chi connectivity index (χ0v) is 21.3. The Balaban J connectivity index is 1.01. The van der Waals surface area contributed by atoms with Crippen molar-refractivity contribution in [2.24, 2.45) is 0 Å². The van der Waals surface area contributed by atoms with Crippen LogP contribution in [0.25, 0.3) is 11.4 Å². The summed E-state index contributed by atoms with van der Waals surface area (Å²) in [6, 6.07) is 4.82. The molecule has 1 aromatic carbocycles. The van der Waals surface area contributed by atoms with E-state index in [1.165, 1.54) is 69.4 Å². The predicted molar refractivity (Wildman–Crippen MR) is 139 cm³/mol. The van der Waals surface area contributed by atoms with Gasteiger partial charge in [-0.05, 0) is 67.3 Å². The molecule has 1 aromatic heterocycles. The molecule has 6 rings (SSSR count). The highest BCUT2D eigenvalue weighted by atomic mass is 32.1. The first kappa shape index (κ1) is 22.1. The van der Waals surface area contributed by atoms with Gasteiger partial charge in [0, 0.05) is 66.2 Å². The van der Waals surface area contributed by atoms with E-state index in [1.807, 2.05) is 11.3 Å². The highest BCUT2D eigenvalue weighted by Gasteiger charge is 2.36. The molecule has 34 heavy (non-hydrogen) atoms. The van der Waals surface area contributed by atoms with Crippen LogP contribution in [0.3, 0.4) is 0 Å². The fourth-order valence-electron chi connectivity index (χ4n) is 6.30. The van der Waals surface area contributed by atoms with Crippen molar-refractivity contribution in [2.75, 3.05) is 46.9 Å². The number of hydrogen-bond acceptors (Lipinski definition) is 6. The van der Waals surface area contributed by atoms with Crippen LogP contribution in [-0.2, 0) is 19.4 Å². The van der Waals surface area contributed by atoms with E-state index < -0.39 is 0 Å². The van der Waals surface area contributed by atoms with Gasteiger partial charge < -0.3 is 19.3 Å². The van der Waals surface area contributed by atoms with Gasteiger partial charge in [0.15, 0.2) is 11.5 Å². The number of benzene rings is 1. The Hall–Kier alpha value is -2.44. The van der Waals surface area contributed by atoms with E-state index in [4.69, 9.17) is 9.47 Å². The number of rotatable bonds is 7. The highest BCUT2D eigenvalue weighted by molar-refractivity contribution is 7.10. The van der Waals surface area contributed by atoms with E-state index >= 15 is 0 Å². The van der Waals surface area contributed by atoms with Gasteiger partial charge in [-0.25, -0.2) is 0 Å². The van der Waals surface area contributed by atoms with E-state index in [-0.39, 0.29) is 0 Å². The minimum atomic E-state index is 0.644. The quantitative estimate of drug-likeness (QED) is 0.531. The van der Waals surface area contributed by atoms with Crippen molar-refractivity contribution in [3.63, 3.8) is 0 Å². The molecule has 4 aliphatic rings. The molecule has 4 heterocycles. The van der Waals surface area contributed by atoms with Crippen molar-refractivity contribution in [3.8, 4) is 11.5 Å². The van der Waals surface area contributed by atoms with Crippen molar-refractivity contribution in [3.05, 3.63) is 57.3 Å². The first-order chi connectivity index (χ1) is 16.7. The van der Waals surface area contributed by atoms with Gasteiger partial charge in [-0.15, -0.1) is 11.3 Å². The Kier molecular flexibility index (Phi) is 5.82. The molecular formula is C28H35N3O2S. The Bertz CT molecular complexity index is 1140. The molecule has 0 N–H and O–H groups in total. The molecule has 0 bridgehead atoms. The Labute approximate surface area is 207 Å². The van der Waals surface area contributed by atoms with Crippen molar-refractivity contribution < 1.29 is 9.47 Å². The Morgan fingerprint density at radius 1 is 1.06 bits per heavy atom. The molecule has 2 aromatic rings. The molecule has 1 saturated heterocycles. The molecule has 180 valence electrons. The minimum Gasteiger partial charge on any atom is -0.493 e. The summed E-state index contributed by atoms with van der Waals surface area (Å²) in [5.74, 6) is 1.58. The number of hydrogen-bond donors (Lipinski definition) is 0. The topological polar surface area (TPSA) is 28.2 Å². The fraction of sp³-hybridized carbons (Fsp3) is 0.500. The van der Waals surface area contributed by atoms with Crippen LogP contribution in [0.4, 0.5) is 0 Å². The molecule has 0 spiro atoms. The number of nitrogens with zero attached hydrogens (tertiary/aromatic N) is 3. The largest absolute Gasteiger partial charge is 0.493 e. The molecule has 0 saturated carbocycles. The third-order valence-corrected chi connectivity index (χ3v) is 9.15. The second-order valence-electron chi connectivity index (χ2n) is 9.98. The average molecular weight is 478 g/mol. The molecule has 0 radical (unpaired) electrons. The van der Waals surface area contributed by atoms with E-state index in [0.717, 1.165) is 30.3 Å². The van der Waals surface area contributed by atoms with Crippen LogP contribution in [-0.4, -0.2) is 67.7 Å². The summed E-state index contributed by atoms with van der Waals surface area (Å²) >= 11 is 1.99. The van der Waals surface area contributed by atoms with Crippen molar-refractivity contribution in [2.45, 2.75) is 44.7 Å². The number of thiophene rings is 1. The molecule has 5 nitrogen and oxygen atoms in total. The Morgan fingerprint density at radius 2 is 1.88 bits per heavy atom. The molecule has 1 atom stereocenters. The number of fused-ring (bicyclic) bond motifs is 3. The van der Waals surface area contributed by atoms with Crippen LogP contribution >= 0.6 is 11.3 Å². The zero-order valence-electron chi connectivity index (χ0n) is 20.4. The second-order valence-corrected chi connectivity index (χ2v) is 10.9. The summed E-state index contributed by atoms with van der Waals surface area (Å²) in [6.07, 6.45) is 8.60. The van der Waals surface area contributed by atoms with Gasteiger partial charge in [-0.2, -0.15) is 0 Å². The molecule has 3 aliphatic heterocycles. The van der Waals surface area contributed by atoms with Crippen LogP contribution in [0.1, 0.15) is 46.4 Å². The van der Waals surface area contributed by atoms with Crippen molar-refractivity contribution in [1.29, 1.82) is 0 Å². The van der Waals surface area contributed by atoms with Gasteiger partial charge in [0.25, 0.3) is 0 Å². The third kappa shape index (κ3) is 3.72. The maximum Gasteiger partial charge on any atom is 0.161 e. The molecule has 1 fully saturated rings. The number of aryl methyl sites for hydroxylation is 1. The number of ether oxygens (including phenoxy) is 2. The van der Waals surface area contributed by atoms with E-state index in [9.17, 15) is 0 Å². The van der Waals surface area contributed by atoms with Gasteiger partial charge in [-0.3, -0.25) is 4.90 Å². The summed E-state index contributed by atoms with van der Waals surface area (Å²) < 4.78 is 11.0. The standard InChI is InChI=1S/C28H35N3O2S/c1-19-23-15-26(33-3)25(32-2)14-20(23)16-30(19)10-5-4-9-29-11-12-31-22(17-29)13-21-18-34-27-8-6-7-24(31)28(21)27/h7,14-15,18,22H,1,4-6,8-13,16-17H2,2-3H3. The minimum absolute atomic E-state index is 0.644. The first-order valence-corrected chi connectivity index (χ1v) is 13.5. The number of allylic oxidation sites excluding steroid dienone is 1. The summed E-state index contributed by atoms with van der Waals surface area (Å²) in [5.41, 5.74) is 8.34. The lowest BCUT2D eigenvalue weighted by Gasteiger charge is -2.47. The van der Waals surface area contributed by atoms with Crippen LogP contribution in [0.2, 0.25) is 0 Å². The highest BCUT2D eigenvalue weighted by Crippen LogP contribution is 2.42. The van der Waals surface area contributed by atoms with Gasteiger partial charge >= 0.3 is 0 Å². The smallest absolute Gasteiger partial charge is 0.161 e. The number of unbranched alkanes of at least 4 members (excludes halogenated alkanes) is 1. The van der Waals surface area contributed by atoms with E-state index in [1.54, 1.807) is 35.9 Å². The number of methoxy groups -OCH3 is 2. The lowest BCUT2D eigenvalue weighted by Crippen LogP contribution is -2.54. The number of piperazine rings is 1. The average Bonchev–Trinajstić information content (AvgIpc) is 3.42. The van der Waals surface area contributed by atoms with Gasteiger partial charge in [0.1, 0.15) is 0 Å². The summed E-state index contributed by atoms with van der Waals surface area (Å²) in [6.45, 7) is 11.1. The monoisotopic (exact) mass is 477 g/mol. The summed E-state index contributed by atoms with van der Waals surface area (Å²) in [7, 11) is 3.39. The van der Waals surface area contributed by atoms with Gasteiger partial charge in [-0.1, -0.05) is 12.7 Å². The molecule has 6 heteroatoms. The summed E-state index contributed by atoms with van der Waals surface area (Å²) in [4.78, 5) is 9.46. The lowest BCUT2D eigenvalue weighted by atomic mass is 9.88. The first-order valence-electron chi connectivity index (χ1n) is 12.6. The maximum atomic E-state index is 5.49. The molecule has 1 unspecified atom stereocenters. The van der Waals surface area contributed by atoms with Crippen LogP contribution in [0.5, 0.6) is 11.5 Å². The van der Waals surface area contributed by atoms with E-state index in [0.29, 0.717) is 6.04 Å². The van der Waals surface area contributed by atoms with Crippen LogP contribution in [0, 0.1) is 0 Å². The molecule has 0 amide bonds. The van der Waals surface area contributed by atoms with E-state index in [2.05, 4.69) is 44.9 Å². The SMILES string of the molecule is C=C1c2cc(OC)c(OC)cc2CN1CCCCN1CCN2C3=CCCc4scc(c43)CC2C1. The van der Waals surface area contributed by atoms with Gasteiger partial charge in [0.05, 0.1) is 14.2 Å². The molecule has 1 aliphatic carbocycles. The second kappa shape index (κ2) is 8.97. The Morgan fingerprint density at radius 3 is 2.74 bits per heavy atom. The predicted octanol–water partition coefficient (Wildman–Crippen LogP) is 4.86. The van der Waals surface area contributed by atoms with Crippen LogP contribution < -0.4 is 9.47 Å². The fourth-order valence-corrected chi connectivity index (χ4v) is 7.38. The normalized spacial score (nSPS) is 21.2. The van der Waals surface area contributed by atoms with Gasteiger partial charge in [0.2, 0.25) is 0 Å². The maximum absolute atomic E-state index is 5.49. The lowest BCUT2D eigenvalue weighted by molar-refractivity contribution is 0.113. The summed E-state index contributed by atoms with van der Waals surface area (Å²) in [5, 5.41) is 2.44. The van der Waals surface area contributed by atoms with Crippen LogP contribution in [0.15, 0.2) is 30.2 Å². The van der Waals surface area contributed by atoms with Crippen molar-refractivity contribution in [1.82, 2.24) is 14.7 Å². The third-order valence-electron chi connectivity index (χ3n) is 8.06. The molecular weight excluding hydrogens is 442 g/mol. The zero-order chi connectivity index (χ0) is 23.2. The van der Waals surface area contributed by atoms with Crippen molar-refractivity contribution >= 4 is 22.7 Å².